The molecule has 2 fully saturated rings. The van der Waals surface area contributed by atoms with Gasteiger partial charge in [-0.25, -0.2) is 0 Å². The van der Waals surface area contributed by atoms with E-state index < -0.39 is 0 Å². The molecule has 0 unspecified atom stereocenters. The van der Waals surface area contributed by atoms with Crippen LogP contribution in [0.15, 0.2) is 0 Å². The molecule has 0 aromatic carbocycles. The first-order valence-electron chi connectivity index (χ1n) is 4.92. The van der Waals surface area contributed by atoms with Gasteiger partial charge in [0.25, 0.3) is 0 Å². The van der Waals surface area contributed by atoms with E-state index in [4.69, 9.17) is 5.84 Å². The van der Waals surface area contributed by atoms with Crippen molar-refractivity contribution in [3.05, 3.63) is 0 Å². The highest BCUT2D eigenvalue weighted by atomic mass is 16.3. The van der Waals surface area contributed by atoms with Crippen LogP contribution < -0.4 is 11.3 Å². The summed E-state index contributed by atoms with van der Waals surface area (Å²) in [5.74, 6) is 6.86. The lowest BCUT2D eigenvalue weighted by atomic mass is 9.69. The Morgan fingerprint density at radius 2 is 1.58 bits per heavy atom. The normalized spacial score (nSPS) is 47.5. The summed E-state index contributed by atoms with van der Waals surface area (Å²) in [6.07, 6.45) is 5.58. The Hall–Kier alpha value is -0.120. The van der Waals surface area contributed by atoms with Crippen LogP contribution in [0.3, 0.4) is 0 Å². The second-order valence-corrected chi connectivity index (χ2v) is 4.43. The number of hydrogen-bond acceptors (Lipinski definition) is 3. The first kappa shape index (κ1) is 8.48. The van der Waals surface area contributed by atoms with Crippen LogP contribution in [0.5, 0.6) is 0 Å². The molecule has 0 aliphatic heterocycles. The average molecular weight is 170 g/mol. The maximum atomic E-state index is 9.52. The van der Waals surface area contributed by atoms with Crippen LogP contribution in [0.4, 0.5) is 0 Å². The van der Waals surface area contributed by atoms with E-state index in [0.717, 1.165) is 25.7 Å². The van der Waals surface area contributed by atoms with Gasteiger partial charge in [-0.1, -0.05) is 0 Å². The van der Waals surface area contributed by atoms with Crippen molar-refractivity contribution >= 4 is 0 Å². The van der Waals surface area contributed by atoms with Gasteiger partial charge in [-0.3, -0.25) is 11.3 Å². The lowest BCUT2D eigenvalue weighted by molar-refractivity contribution is 0.0349. The molecule has 0 heterocycles. The molecule has 0 aromatic rings. The van der Waals surface area contributed by atoms with Crippen molar-refractivity contribution in [1.29, 1.82) is 0 Å². The van der Waals surface area contributed by atoms with Gasteiger partial charge in [-0.15, -0.1) is 0 Å². The lowest BCUT2D eigenvalue weighted by Gasteiger charge is -2.40. The fourth-order valence-electron chi connectivity index (χ4n) is 2.95. The van der Waals surface area contributed by atoms with Gasteiger partial charge in [0.2, 0.25) is 0 Å². The molecule has 2 atom stereocenters. The third-order valence-corrected chi connectivity index (χ3v) is 3.35. The Morgan fingerprint density at radius 3 is 2.08 bits per heavy atom. The molecule has 0 spiro atoms. The molecule has 3 nitrogen and oxygen atoms in total. The quantitative estimate of drug-likeness (QED) is 0.394. The van der Waals surface area contributed by atoms with E-state index in [-0.39, 0.29) is 6.10 Å². The van der Waals surface area contributed by atoms with Crippen LogP contribution in [0, 0.1) is 11.8 Å². The zero-order chi connectivity index (χ0) is 8.55. The molecule has 3 heteroatoms. The minimum atomic E-state index is -0.0347. The highest BCUT2D eigenvalue weighted by Gasteiger charge is 2.34. The molecule has 0 aromatic heterocycles. The van der Waals surface area contributed by atoms with Crippen molar-refractivity contribution in [2.75, 3.05) is 0 Å². The van der Waals surface area contributed by atoms with Crippen molar-refractivity contribution in [3.8, 4) is 0 Å². The maximum Gasteiger partial charge on any atom is 0.0545 e. The summed E-state index contributed by atoms with van der Waals surface area (Å²) in [6.45, 7) is 0. The summed E-state index contributed by atoms with van der Waals surface area (Å²) in [5.41, 5.74) is 2.87. The monoisotopic (exact) mass is 170 g/mol. The van der Waals surface area contributed by atoms with Crippen LogP contribution in [0.1, 0.15) is 32.1 Å². The Kier molecular flexibility index (Phi) is 2.35. The smallest absolute Gasteiger partial charge is 0.0545 e. The zero-order valence-corrected chi connectivity index (χ0v) is 7.37. The van der Waals surface area contributed by atoms with Crippen molar-refractivity contribution < 1.29 is 5.11 Å². The van der Waals surface area contributed by atoms with Crippen molar-refractivity contribution in [3.63, 3.8) is 0 Å². The summed E-state index contributed by atoms with van der Waals surface area (Å²) in [6, 6.07) is 0.501. The third kappa shape index (κ3) is 1.63. The standard InChI is InChI=1S/C9H18N2O/c10-11-8-2-6-1-7(3-8)5-9(12)4-6/h6-9,11-12H,1-5,10H2/t6-,7-,8?,9?/m0/s1. The molecule has 2 bridgehead atoms. The molecule has 2 aliphatic rings. The van der Waals surface area contributed by atoms with Crippen LogP contribution in [0.25, 0.3) is 0 Å². The van der Waals surface area contributed by atoms with Gasteiger partial charge in [0.15, 0.2) is 0 Å². The number of nitrogens with two attached hydrogens (primary N) is 1. The largest absolute Gasteiger partial charge is 0.393 e. The van der Waals surface area contributed by atoms with Crippen LogP contribution in [0.2, 0.25) is 0 Å². The van der Waals surface area contributed by atoms with Crippen molar-refractivity contribution in [2.45, 2.75) is 44.2 Å². The molecule has 70 valence electrons. The molecule has 4 N–H and O–H groups in total. The summed E-state index contributed by atoms with van der Waals surface area (Å²) in [7, 11) is 0. The van der Waals surface area contributed by atoms with Gasteiger partial charge < -0.3 is 5.11 Å². The van der Waals surface area contributed by atoms with Gasteiger partial charge >= 0.3 is 0 Å². The topological polar surface area (TPSA) is 58.3 Å². The number of aliphatic hydroxyl groups excluding tert-OH is 1. The van der Waals surface area contributed by atoms with E-state index in [1.54, 1.807) is 0 Å². The maximum absolute atomic E-state index is 9.52. The fourth-order valence-corrected chi connectivity index (χ4v) is 2.95. The van der Waals surface area contributed by atoms with E-state index in [2.05, 4.69) is 5.43 Å². The SMILES string of the molecule is NNC1C[C@H]2CC(O)C[C@H](C1)C2. The van der Waals surface area contributed by atoms with E-state index >= 15 is 0 Å². The van der Waals surface area contributed by atoms with E-state index in [9.17, 15) is 5.11 Å². The lowest BCUT2D eigenvalue weighted by Crippen LogP contribution is -2.44. The summed E-state index contributed by atoms with van der Waals surface area (Å²) in [5, 5.41) is 9.52. The molecule has 2 rings (SSSR count). The first-order valence-corrected chi connectivity index (χ1v) is 4.92. The summed E-state index contributed by atoms with van der Waals surface area (Å²) >= 11 is 0. The Bertz CT molecular complexity index is 145. The molecule has 2 saturated carbocycles. The van der Waals surface area contributed by atoms with E-state index in [1.807, 2.05) is 0 Å². The Balaban J connectivity index is 1.96. The molecular formula is C9H18N2O. The summed E-state index contributed by atoms with van der Waals surface area (Å²) in [4.78, 5) is 0. The average Bonchev–Trinajstić information content (AvgIpc) is 2.02. The predicted octanol–water partition coefficient (Wildman–Crippen LogP) is 0.389. The van der Waals surface area contributed by atoms with Gasteiger partial charge in [-0.2, -0.15) is 0 Å². The summed E-state index contributed by atoms with van der Waals surface area (Å²) < 4.78 is 0. The third-order valence-electron chi connectivity index (χ3n) is 3.35. The predicted molar refractivity (Wildman–Crippen MR) is 47.2 cm³/mol. The van der Waals surface area contributed by atoms with Crippen LogP contribution in [-0.4, -0.2) is 17.3 Å². The molecule has 0 saturated heterocycles. The second-order valence-electron chi connectivity index (χ2n) is 4.43. The molecule has 0 radical (unpaired) electrons. The van der Waals surface area contributed by atoms with E-state index in [0.29, 0.717) is 17.9 Å². The number of fused-ring (bicyclic) bond motifs is 2. The Labute approximate surface area is 73.3 Å². The molecule has 0 amide bonds. The number of hydrazine groups is 1. The van der Waals surface area contributed by atoms with Gasteiger partial charge in [-0.05, 0) is 43.9 Å². The molecular weight excluding hydrogens is 152 g/mol. The van der Waals surface area contributed by atoms with Crippen molar-refractivity contribution in [2.24, 2.45) is 17.7 Å². The number of aliphatic hydroxyl groups is 1. The molecule has 12 heavy (non-hydrogen) atoms. The van der Waals surface area contributed by atoms with Gasteiger partial charge in [0.05, 0.1) is 6.10 Å². The highest BCUT2D eigenvalue weighted by Crippen LogP contribution is 2.39. The number of hydrogen-bond donors (Lipinski definition) is 3. The first-order chi connectivity index (χ1) is 5.78. The minimum Gasteiger partial charge on any atom is -0.393 e. The second kappa shape index (κ2) is 3.32. The molecule has 2 aliphatic carbocycles. The fraction of sp³-hybridized carbons (Fsp3) is 1.00. The van der Waals surface area contributed by atoms with Crippen molar-refractivity contribution in [1.82, 2.24) is 5.43 Å². The van der Waals surface area contributed by atoms with Crippen LogP contribution in [-0.2, 0) is 0 Å². The minimum absolute atomic E-state index is 0.0347. The van der Waals surface area contributed by atoms with Crippen LogP contribution >= 0.6 is 0 Å². The zero-order valence-electron chi connectivity index (χ0n) is 7.37. The van der Waals surface area contributed by atoms with Gasteiger partial charge in [0.1, 0.15) is 0 Å². The number of nitrogens with one attached hydrogen (secondary N) is 1. The highest BCUT2D eigenvalue weighted by molar-refractivity contribution is 4.88. The Morgan fingerprint density at radius 1 is 1.00 bits per heavy atom. The number of rotatable bonds is 1. The van der Waals surface area contributed by atoms with E-state index in [1.165, 1.54) is 6.42 Å². The van der Waals surface area contributed by atoms with Gasteiger partial charge in [0, 0.05) is 6.04 Å².